The van der Waals surface area contributed by atoms with Crippen LogP contribution in [0.4, 0.5) is 4.39 Å². The van der Waals surface area contributed by atoms with Crippen LogP contribution in [0.3, 0.4) is 0 Å². The highest BCUT2D eigenvalue weighted by Crippen LogP contribution is 2.37. The molecule has 0 radical (unpaired) electrons. The smallest absolute Gasteiger partial charge is 0.127 e. The minimum atomic E-state index is -0.206. The summed E-state index contributed by atoms with van der Waals surface area (Å²) in [7, 11) is 2.03. The molecule has 0 unspecified atom stereocenters. The van der Waals surface area contributed by atoms with Gasteiger partial charge in [-0.25, -0.2) is 4.39 Å². The molecule has 0 bridgehead atoms. The molecule has 1 aromatic carbocycles. The van der Waals surface area contributed by atoms with Crippen molar-refractivity contribution in [2.75, 3.05) is 13.6 Å². The van der Waals surface area contributed by atoms with Crippen LogP contribution in [0, 0.1) is 17.2 Å². The van der Waals surface area contributed by atoms with E-state index in [4.69, 9.17) is 0 Å². The van der Waals surface area contributed by atoms with Crippen molar-refractivity contribution in [3.8, 4) is 0 Å². The molecule has 110 valence electrons. The van der Waals surface area contributed by atoms with Gasteiger partial charge in [0.15, 0.2) is 0 Å². The van der Waals surface area contributed by atoms with Gasteiger partial charge >= 0.3 is 0 Å². The van der Waals surface area contributed by atoms with Gasteiger partial charge in [0.05, 0.1) is 0 Å². The van der Waals surface area contributed by atoms with Gasteiger partial charge in [0, 0.05) is 18.5 Å². The van der Waals surface area contributed by atoms with Crippen molar-refractivity contribution >= 4 is 6.29 Å². The highest BCUT2D eigenvalue weighted by Gasteiger charge is 2.34. The van der Waals surface area contributed by atoms with E-state index in [1.165, 1.54) is 18.4 Å². The minimum absolute atomic E-state index is 0.179. The van der Waals surface area contributed by atoms with Crippen LogP contribution in [0.2, 0.25) is 0 Å². The summed E-state index contributed by atoms with van der Waals surface area (Å²) in [5.74, 6) is 0.535. The van der Waals surface area contributed by atoms with Crippen molar-refractivity contribution in [2.24, 2.45) is 11.3 Å². The summed E-state index contributed by atoms with van der Waals surface area (Å²) in [6.07, 6.45) is 5.43. The molecule has 1 aliphatic rings. The minimum Gasteiger partial charge on any atom is -0.303 e. The molecule has 0 amide bonds. The van der Waals surface area contributed by atoms with Crippen molar-refractivity contribution in [2.45, 2.75) is 39.2 Å². The van der Waals surface area contributed by atoms with Crippen LogP contribution in [-0.2, 0) is 11.3 Å². The van der Waals surface area contributed by atoms with E-state index in [0.29, 0.717) is 0 Å². The van der Waals surface area contributed by atoms with Crippen LogP contribution in [0.1, 0.15) is 38.2 Å². The molecule has 0 N–H and O–H groups in total. The summed E-state index contributed by atoms with van der Waals surface area (Å²) in [5.41, 5.74) is 0.903. The summed E-state index contributed by atoms with van der Waals surface area (Å²) >= 11 is 0. The standard InChI is InChI=1S/C17H24FNO/c1-14-7-9-17(13-20,10-8-14)12-19(2)11-15-3-5-16(18)6-4-15/h3-6,13-14H,7-12H2,1-2H3. The average molecular weight is 277 g/mol. The topological polar surface area (TPSA) is 20.3 Å². The van der Waals surface area contributed by atoms with Crippen molar-refractivity contribution in [3.63, 3.8) is 0 Å². The molecule has 0 heterocycles. The Morgan fingerprint density at radius 1 is 1.30 bits per heavy atom. The molecular formula is C17H24FNO. The number of nitrogens with zero attached hydrogens (tertiary/aromatic N) is 1. The van der Waals surface area contributed by atoms with Crippen LogP contribution >= 0.6 is 0 Å². The molecule has 0 aromatic heterocycles. The van der Waals surface area contributed by atoms with E-state index in [1.54, 1.807) is 0 Å². The Kier molecular flexibility index (Phi) is 4.92. The van der Waals surface area contributed by atoms with Crippen molar-refractivity contribution in [1.29, 1.82) is 0 Å². The SMILES string of the molecule is CC1CCC(C=O)(CN(C)Cc2ccc(F)cc2)CC1. The lowest BCUT2D eigenvalue weighted by Crippen LogP contribution is -2.39. The van der Waals surface area contributed by atoms with E-state index in [0.717, 1.165) is 50.3 Å². The Hall–Kier alpha value is -1.22. The lowest BCUT2D eigenvalue weighted by molar-refractivity contribution is -0.119. The van der Waals surface area contributed by atoms with Gasteiger partial charge in [-0.2, -0.15) is 0 Å². The molecular weight excluding hydrogens is 253 g/mol. The first-order valence-electron chi connectivity index (χ1n) is 7.42. The molecule has 1 fully saturated rings. The van der Waals surface area contributed by atoms with Gasteiger partial charge in [0.2, 0.25) is 0 Å². The second kappa shape index (κ2) is 6.49. The first-order chi connectivity index (χ1) is 9.53. The van der Waals surface area contributed by atoms with Gasteiger partial charge in [-0.15, -0.1) is 0 Å². The molecule has 3 heteroatoms. The Bertz CT molecular complexity index is 435. The summed E-state index contributed by atoms with van der Waals surface area (Å²) in [5, 5.41) is 0. The zero-order valence-corrected chi connectivity index (χ0v) is 12.4. The van der Waals surface area contributed by atoms with E-state index in [2.05, 4.69) is 11.8 Å². The molecule has 2 rings (SSSR count). The molecule has 1 saturated carbocycles. The van der Waals surface area contributed by atoms with Crippen LogP contribution in [0.25, 0.3) is 0 Å². The lowest BCUT2D eigenvalue weighted by atomic mass is 9.71. The molecule has 0 spiro atoms. The van der Waals surface area contributed by atoms with E-state index in [1.807, 2.05) is 19.2 Å². The second-order valence-electron chi connectivity index (χ2n) is 6.46. The molecule has 20 heavy (non-hydrogen) atoms. The first kappa shape index (κ1) is 15.2. The number of carbonyl (C=O) groups excluding carboxylic acids is 1. The summed E-state index contributed by atoms with van der Waals surface area (Å²) < 4.78 is 12.9. The maximum atomic E-state index is 12.9. The summed E-state index contributed by atoms with van der Waals surface area (Å²) in [6.45, 7) is 3.81. The zero-order chi connectivity index (χ0) is 14.6. The van der Waals surface area contributed by atoms with Gasteiger partial charge in [-0.05, 0) is 56.3 Å². The predicted octanol–water partition coefficient (Wildman–Crippen LogP) is 3.65. The fourth-order valence-electron chi connectivity index (χ4n) is 3.15. The predicted molar refractivity (Wildman–Crippen MR) is 78.9 cm³/mol. The third kappa shape index (κ3) is 3.89. The van der Waals surface area contributed by atoms with Gasteiger partial charge in [-0.3, -0.25) is 0 Å². The number of hydrogen-bond acceptors (Lipinski definition) is 2. The van der Waals surface area contributed by atoms with E-state index >= 15 is 0 Å². The van der Waals surface area contributed by atoms with E-state index < -0.39 is 0 Å². The Morgan fingerprint density at radius 3 is 2.45 bits per heavy atom. The summed E-state index contributed by atoms with van der Waals surface area (Å²) in [6, 6.07) is 6.59. The van der Waals surface area contributed by atoms with Gasteiger partial charge in [0.1, 0.15) is 12.1 Å². The number of benzene rings is 1. The van der Waals surface area contributed by atoms with E-state index in [9.17, 15) is 9.18 Å². The van der Waals surface area contributed by atoms with Crippen LogP contribution in [0.5, 0.6) is 0 Å². The molecule has 2 nitrogen and oxygen atoms in total. The number of halogens is 1. The number of aldehydes is 1. The molecule has 1 aliphatic carbocycles. The van der Waals surface area contributed by atoms with Gasteiger partial charge < -0.3 is 9.69 Å². The molecule has 0 atom stereocenters. The van der Waals surface area contributed by atoms with E-state index in [-0.39, 0.29) is 11.2 Å². The third-order valence-electron chi connectivity index (χ3n) is 4.47. The highest BCUT2D eigenvalue weighted by molar-refractivity contribution is 5.60. The van der Waals surface area contributed by atoms with Gasteiger partial charge in [-0.1, -0.05) is 19.1 Å². The lowest BCUT2D eigenvalue weighted by Gasteiger charge is -2.37. The largest absolute Gasteiger partial charge is 0.303 e. The molecule has 0 saturated heterocycles. The Morgan fingerprint density at radius 2 is 1.90 bits per heavy atom. The fraction of sp³-hybridized carbons (Fsp3) is 0.588. The first-order valence-corrected chi connectivity index (χ1v) is 7.42. The second-order valence-corrected chi connectivity index (χ2v) is 6.46. The summed E-state index contributed by atoms with van der Waals surface area (Å²) in [4.78, 5) is 13.7. The molecule has 0 aliphatic heterocycles. The number of carbonyl (C=O) groups is 1. The quantitative estimate of drug-likeness (QED) is 0.766. The van der Waals surface area contributed by atoms with Gasteiger partial charge in [0.25, 0.3) is 0 Å². The Balaban J connectivity index is 1.93. The monoisotopic (exact) mass is 277 g/mol. The normalized spacial score (nSPS) is 26.7. The van der Waals surface area contributed by atoms with Crippen molar-refractivity contribution < 1.29 is 9.18 Å². The fourth-order valence-corrected chi connectivity index (χ4v) is 3.15. The van der Waals surface area contributed by atoms with Crippen molar-refractivity contribution in [3.05, 3.63) is 35.6 Å². The average Bonchev–Trinajstić information content (AvgIpc) is 2.44. The third-order valence-corrected chi connectivity index (χ3v) is 4.47. The Labute approximate surface area is 121 Å². The molecule has 1 aromatic rings. The number of hydrogen-bond donors (Lipinski definition) is 0. The maximum absolute atomic E-state index is 12.9. The number of rotatable bonds is 5. The zero-order valence-electron chi connectivity index (χ0n) is 12.4. The maximum Gasteiger partial charge on any atom is 0.127 e. The van der Waals surface area contributed by atoms with Crippen LogP contribution in [-0.4, -0.2) is 24.8 Å². The highest BCUT2D eigenvalue weighted by atomic mass is 19.1. The van der Waals surface area contributed by atoms with Crippen molar-refractivity contribution in [1.82, 2.24) is 4.90 Å². The van der Waals surface area contributed by atoms with Crippen LogP contribution < -0.4 is 0 Å². The van der Waals surface area contributed by atoms with Crippen LogP contribution in [0.15, 0.2) is 24.3 Å².